The van der Waals surface area contributed by atoms with Crippen molar-refractivity contribution in [1.82, 2.24) is 14.9 Å². The highest BCUT2D eigenvalue weighted by Crippen LogP contribution is 2.28. The molecule has 1 aromatic heterocycles. The second-order valence-corrected chi connectivity index (χ2v) is 7.39. The summed E-state index contributed by atoms with van der Waals surface area (Å²) in [6.07, 6.45) is 3.06. The van der Waals surface area contributed by atoms with E-state index in [0.29, 0.717) is 24.5 Å². The van der Waals surface area contributed by atoms with Crippen LogP contribution in [0.2, 0.25) is 5.02 Å². The number of nitrogens with two attached hydrogens (primary N) is 1. The largest absolute Gasteiger partial charge is 0.369 e. The van der Waals surface area contributed by atoms with Crippen LogP contribution < -0.4 is 16.0 Å². The molecule has 27 heavy (non-hydrogen) atoms. The quantitative estimate of drug-likeness (QED) is 0.824. The molecule has 0 spiro atoms. The monoisotopic (exact) mass is 386 g/mol. The molecule has 7 nitrogen and oxygen atoms in total. The van der Waals surface area contributed by atoms with E-state index in [1.165, 1.54) is 5.56 Å². The topological polar surface area (TPSA) is 87.4 Å². The van der Waals surface area contributed by atoms with Gasteiger partial charge in [0.1, 0.15) is 18.0 Å². The number of halogens is 1. The van der Waals surface area contributed by atoms with Crippen LogP contribution in [0.3, 0.4) is 0 Å². The first-order valence-electron chi connectivity index (χ1n) is 9.23. The standard InChI is InChI=1S/C19H23ClN6O/c20-14-3-1-13(2-4-14)11-16(21)19(27)26-9-7-25(8-10-26)18-15-5-6-22-17(15)23-12-24-18/h1-4,12,16H,5-11,21H2,(H,22,23,24)/t16-/m1/s1. The number of nitrogens with one attached hydrogen (secondary N) is 1. The number of benzene rings is 1. The minimum absolute atomic E-state index is 0.000756. The molecule has 0 saturated carbocycles. The van der Waals surface area contributed by atoms with Gasteiger partial charge in [0.2, 0.25) is 5.91 Å². The number of carbonyl (C=O) groups is 1. The first-order chi connectivity index (χ1) is 13.1. The number of fused-ring (bicyclic) bond motifs is 1. The summed E-state index contributed by atoms with van der Waals surface area (Å²) in [4.78, 5) is 25.6. The van der Waals surface area contributed by atoms with Gasteiger partial charge in [-0.25, -0.2) is 9.97 Å². The van der Waals surface area contributed by atoms with E-state index < -0.39 is 6.04 Å². The number of hydrogen-bond donors (Lipinski definition) is 2. The molecule has 4 rings (SSSR count). The van der Waals surface area contributed by atoms with Crippen molar-refractivity contribution in [1.29, 1.82) is 0 Å². The third-order valence-electron chi connectivity index (χ3n) is 5.17. The molecule has 8 heteroatoms. The average molecular weight is 387 g/mol. The molecule has 1 saturated heterocycles. The molecular weight excluding hydrogens is 364 g/mol. The lowest BCUT2D eigenvalue weighted by Gasteiger charge is -2.37. The average Bonchev–Trinajstić information content (AvgIpc) is 3.18. The lowest BCUT2D eigenvalue weighted by atomic mass is 10.1. The summed E-state index contributed by atoms with van der Waals surface area (Å²) < 4.78 is 0. The fraction of sp³-hybridized carbons (Fsp3) is 0.421. The molecule has 2 aliphatic heterocycles. The zero-order valence-corrected chi connectivity index (χ0v) is 15.8. The maximum atomic E-state index is 12.7. The highest BCUT2D eigenvalue weighted by atomic mass is 35.5. The number of nitrogens with zero attached hydrogens (tertiary/aromatic N) is 4. The predicted molar refractivity (Wildman–Crippen MR) is 106 cm³/mol. The van der Waals surface area contributed by atoms with Crippen LogP contribution in [-0.2, 0) is 17.6 Å². The molecule has 142 valence electrons. The summed E-state index contributed by atoms with van der Waals surface area (Å²) in [6, 6.07) is 6.93. The molecule has 2 aliphatic rings. The highest BCUT2D eigenvalue weighted by Gasteiger charge is 2.28. The number of hydrogen-bond acceptors (Lipinski definition) is 6. The van der Waals surface area contributed by atoms with Crippen molar-refractivity contribution >= 4 is 29.1 Å². The van der Waals surface area contributed by atoms with Crippen molar-refractivity contribution in [2.75, 3.05) is 42.9 Å². The SMILES string of the molecule is N[C@H](Cc1ccc(Cl)cc1)C(=O)N1CCN(c2ncnc3c2CCN3)CC1. The smallest absolute Gasteiger partial charge is 0.239 e. The van der Waals surface area contributed by atoms with Gasteiger partial charge >= 0.3 is 0 Å². The number of anilines is 2. The molecule has 3 N–H and O–H groups in total. The summed E-state index contributed by atoms with van der Waals surface area (Å²) >= 11 is 5.91. The van der Waals surface area contributed by atoms with E-state index in [-0.39, 0.29) is 5.91 Å². The van der Waals surface area contributed by atoms with Gasteiger partial charge in [0.15, 0.2) is 0 Å². The molecule has 0 bridgehead atoms. The third kappa shape index (κ3) is 3.84. The van der Waals surface area contributed by atoms with Crippen LogP contribution in [0.1, 0.15) is 11.1 Å². The van der Waals surface area contributed by atoms with Gasteiger partial charge in [-0.15, -0.1) is 0 Å². The minimum atomic E-state index is -0.537. The highest BCUT2D eigenvalue weighted by molar-refractivity contribution is 6.30. The van der Waals surface area contributed by atoms with Crippen molar-refractivity contribution in [2.45, 2.75) is 18.9 Å². The van der Waals surface area contributed by atoms with Crippen LogP contribution >= 0.6 is 11.6 Å². The fourth-order valence-corrected chi connectivity index (χ4v) is 3.82. The van der Waals surface area contributed by atoms with Crippen LogP contribution in [0.4, 0.5) is 11.6 Å². The predicted octanol–water partition coefficient (Wildman–Crippen LogP) is 1.32. The Kier molecular flexibility index (Phi) is 5.13. The van der Waals surface area contributed by atoms with Gasteiger partial charge in [0.05, 0.1) is 6.04 Å². The second-order valence-electron chi connectivity index (χ2n) is 6.95. The normalized spacial score (nSPS) is 17.4. The Morgan fingerprint density at radius 3 is 2.67 bits per heavy atom. The zero-order chi connectivity index (χ0) is 18.8. The van der Waals surface area contributed by atoms with Crippen LogP contribution in [0.25, 0.3) is 0 Å². The Bertz CT molecular complexity index is 819. The maximum absolute atomic E-state index is 12.7. The molecule has 1 amide bonds. The van der Waals surface area contributed by atoms with E-state index in [0.717, 1.165) is 43.3 Å². The summed E-state index contributed by atoms with van der Waals surface area (Å²) in [5, 5.41) is 3.96. The van der Waals surface area contributed by atoms with E-state index in [1.807, 2.05) is 29.2 Å². The molecule has 2 aromatic rings. The van der Waals surface area contributed by atoms with Crippen molar-refractivity contribution in [2.24, 2.45) is 5.73 Å². The Morgan fingerprint density at radius 1 is 1.19 bits per heavy atom. The van der Waals surface area contributed by atoms with Crippen LogP contribution in [0.5, 0.6) is 0 Å². The summed E-state index contributed by atoms with van der Waals surface area (Å²) in [6.45, 7) is 3.71. The van der Waals surface area contributed by atoms with E-state index in [2.05, 4.69) is 20.2 Å². The molecule has 1 aromatic carbocycles. The van der Waals surface area contributed by atoms with Gasteiger partial charge in [-0.2, -0.15) is 0 Å². The first-order valence-corrected chi connectivity index (χ1v) is 9.61. The molecular formula is C19H23ClN6O. The van der Waals surface area contributed by atoms with Crippen molar-refractivity contribution in [3.63, 3.8) is 0 Å². The summed E-state index contributed by atoms with van der Waals surface area (Å²) in [5.41, 5.74) is 8.37. The van der Waals surface area contributed by atoms with Crippen LogP contribution in [0.15, 0.2) is 30.6 Å². The Balaban J connectivity index is 1.35. The first kappa shape index (κ1) is 18.0. The number of carbonyl (C=O) groups excluding carboxylic acids is 1. The number of amides is 1. The van der Waals surface area contributed by atoms with Crippen molar-refractivity contribution < 1.29 is 4.79 Å². The van der Waals surface area contributed by atoms with E-state index >= 15 is 0 Å². The van der Waals surface area contributed by atoms with Crippen molar-refractivity contribution in [3.05, 3.63) is 46.7 Å². The molecule has 1 atom stereocenters. The van der Waals surface area contributed by atoms with Gasteiger partial charge in [0.25, 0.3) is 0 Å². The summed E-state index contributed by atoms with van der Waals surface area (Å²) in [5.74, 6) is 1.92. The Labute approximate surface area is 163 Å². The second kappa shape index (κ2) is 7.70. The molecule has 3 heterocycles. The number of rotatable bonds is 4. The molecule has 0 radical (unpaired) electrons. The van der Waals surface area contributed by atoms with E-state index in [4.69, 9.17) is 17.3 Å². The zero-order valence-electron chi connectivity index (χ0n) is 15.1. The fourth-order valence-electron chi connectivity index (χ4n) is 3.70. The van der Waals surface area contributed by atoms with Gasteiger partial charge < -0.3 is 20.9 Å². The van der Waals surface area contributed by atoms with Gasteiger partial charge in [-0.05, 0) is 30.5 Å². The lowest BCUT2D eigenvalue weighted by molar-refractivity contribution is -0.132. The van der Waals surface area contributed by atoms with E-state index in [9.17, 15) is 4.79 Å². The Morgan fingerprint density at radius 2 is 1.93 bits per heavy atom. The van der Waals surface area contributed by atoms with Gasteiger partial charge in [-0.1, -0.05) is 23.7 Å². The van der Waals surface area contributed by atoms with Crippen molar-refractivity contribution in [3.8, 4) is 0 Å². The lowest BCUT2D eigenvalue weighted by Crippen LogP contribution is -2.54. The van der Waals surface area contributed by atoms with Crippen LogP contribution in [0, 0.1) is 0 Å². The molecule has 1 fully saturated rings. The third-order valence-corrected chi connectivity index (χ3v) is 5.42. The van der Waals surface area contributed by atoms with Gasteiger partial charge in [0, 0.05) is 43.3 Å². The maximum Gasteiger partial charge on any atom is 0.239 e. The molecule has 0 aliphatic carbocycles. The molecule has 0 unspecified atom stereocenters. The number of aromatic nitrogens is 2. The van der Waals surface area contributed by atoms with Crippen LogP contribution in [-0.4, -0.2) is 59.5 Å². The minimum Gasteiger partial charge on any atom is -0.369 e. The number of piperazine rings is 1. The van der Waals surface area contributed by atoms with E-state index in [1.54, 1.807) is 6.33 Å². The van der Waals surface area contributed by atoms with Gasteiger partial charge in [-0.3, -0.25) is 4.79 Å². The summed E-state index contributed by atoms with van der Waals surface area (Å²) in [7, 11) is 0. The Hall–Kier alpha value is -2.38.